The molecule has 2 N–H and O–H groups in total. The predicted octanol–water partition coefficient (Wildman–Crippen LogP) is 3.95. The van der Waals surface area contributed by atoms with Crippen LogP contribution in [0.2, 0.25) is 0 Å². The van der Waals surface area contributed by atoms with Crippen LogP contribution in [-0.4, -0.2) is 32.8 Å². The Hall–Kier alpha value is -3.17. The molecule has 0 atom stereocenters. The quantitative estimate of drug-likeness (QED) is 0.637. The van der Waals surface area contributed by atoms with Crippen molar-refractivity contribution in [3.63, 3.8) is 0 Å². The number of carbonyl (C=O) groups excluding carboxylic acids is 1. The van der Waals surface area contributed by atoms with Crippen LogP contribution in [0.4, 0.5) is 28.9 Å². The van der Waals surface area contributed by atoms with Crippen LogP contribution in [0.15, 0.2) is 42.5 Å². The number of ether oxygens (including phenoxy) is 3. The van der Waals surface area contributed by atoms with E-state index in [-0.39, 0.29) is 29.5 Å². The summed E-state index contributed by atoms with van der Waals surface area (Å²) in [5, 5.41) is 5.13. The van der Waals surface area contributed by atoms with Crippen LogP contribution >= 0.6 is 0 Å². The molecule has 0 aromatic heterocycles. The maximum atomic E-state index is 12.4. The van der Waals surface area contributed by atoms with Gasteiger partial charge in [-0.05, 0) is 24.3 Å². The van der Waals surface area contributed by atoms with Crippen molar-refractivity contribution in [2.75, 3.05) is 24.3 Å². The van der Waals surface area contributed by atoms with Gasteiger partial charge in [0.25, 0.3) is 0 Å². The first kappa shape index (κ1) is 20.1. The molecule has 1 amide bonds. The number of carbonyl (C=O) groups is 1. The van der Waals surface area contributed by atoms with Gasteiger partial charge in [0.05, 0.1) is 19.3 Å². The first-order valence-corrected chi connectivity index (χ1v) is 7.59. The molecule has 146 valence electrons. The third-order valence-corrected chi connectivity index (χ3v) is 3.21. The Labute approximate surface area is 152 Å². The molecule has 0 radical (unpaired) electrons. The number of alkyl halides is 4. The molecule has 0 spiro atoms. The van der Waals surface area contributed by atoms with Gasteiger partial charge in [-0.2, -0.15) is 17.6 Å². The highest BCUT2D eigenvalue weighted by Crippen LogP contribution is 2.31. The fourth-order valence-corrected chi connectivity index (χ4v) is 2.12. The summed E-state index contributed by atoms with van der Waals surface area (Å²) in [6.07, 6.45) is 0. The maximum Gasteiger partial charge on any atom is 0.387 e. The molecule has 2 aromatic carbocycles. The summed E-state index contributed by atoms with van der Waals surface area (Å²) in [5.74, 6) is -0.845. The summed E-state index contributed by atoms with van der Waals surface area (Å²) in [7, 11) is 1.30. The van der Waals surface area contributed by atoms with Gasteiger partial charge in [-0.25, -0.2) is 0 Å². The zero-order valence-electron chi connectivity index (χ0n) is 14.0. The van der Waals surface area contributed by atoms with Crippen molar-refractivity contribution in [2.45, 2.75) is 13.2 Å². The molecular weight excluding hydrogens is 372 g/mol. The molecule has 0 unspecified atom stereocenters. The maximum absolute atomic E-state index is 12.4. The second-order valence-electron chi connectivity index (χ2n) is 5.02. The minimum absolute atomic E-state index is 0.0704. The van der Waals surface area contributed by atoms with Crippen LogP contribution in [0, 0.1) is 0 Å². The minimum atomic E-state index is -3.04. The van der Waals surface area contributed by atoms with E-state index < -0.39 is 19.1 Å². The molecule has 0 saturated carbocycles. The number of rotatable bonds is 9. The van der Waals surface area contributed by atoms with E-state index in [2.05, 4.69) is 20.1 Å². The lowest BCUT2D eigenvalue weighted by atomic mass is 10.2. The first-order valence-electron chi connectivity index (χ1n) is 7.59. The fourth-order valence-electron chi connectivity index (χ4n) is 2.12. The average Bonchev–Trinajstić information content (AvgIpc) is 2.61. The molecule has 0 heterocycles. The number of hydrogen-bond acceptors (Lipinski definition) is 5. The van der Waals surface area contributed by atoms with Crippen LogP contribution < -0.4 is 24.8 Å². The van der Waals surface area contributed by atoms with E-state index in [1.54, 1.807) is 6.07 Å². The topological polar surface area (TPSA) is 68.8 Å². The largest absolute Gasteiger partial charge is 0.493 e. The fraction of sp³-hybridized carbons (Fsp3) is 0.235. The number of methoxy groups -OCH3 is 1. The van der Waals surface area contributed by atoms with Gasteiger partial charge < -0.3 is 24.8 Å². The summed E-state index contributed by atoms with van der Waals surface area (Å²) < 4.78 is 63.2. The molecule has 0 bridgehead atoms. The minimum Gasteiger partial charge on any atom is -0.493 e. The molecule has 2 rings (SSSR count). The second-order valence-corrected chi connectivity index (χ2v) is 5.02. The van der Waals surface area contributed by atoms with E-state index in [0.29, 0.717) is 5.69 Å². The van der Waals surface area contributed by atoms with E-state index in [0.717, 1.165) is 0 Å². The number of nitrogens with one attached hydrogen (secondary N) is 2. The standard InChI is InChI=1S/C17H16F4N2O4/c1-25-13-7-6-10(8-14(13)27-17(20)21)22-9-15(24)23-11-4-2-3-5-12(11)26-16(18)19/h2-8,16-17,22H,9H2,1H3,(H,23,24). The van der Waals surface area contributed by atoms with Crippen molar-refractivity contribution >= 4 is 17.3 Å². The van der Waals surface area contributed by atoms with Gasteiger partial charge in [0.15, 0.2) is 11.5 Å². The van der Waals surface area contributed by atoms with Crippen LogP contribution in [-0.2, 0) is 4.79 Å². The van der Waals surface area contributed by atoms with E-state index in [9.17, 15) is 22.4 Å². The lowest BCUT2D eigenvalue weighted by Crippen LogP contribution is -2.22. The summed E-state index contributed by atoms with van der Waals surface area (Å²) in [5.41, 5.74) is 0.389. The van der Waals surface area contributed by atoms with E-state index in [1.807, 2.05) is 0 Å². The van der Waals surface area contributed by atoms with Crippen LogP contribution in [0.3, 0.4) is 0 Å². The summed E-state index contributed by atoms with van der Waals surface area (Å²) >= 11 is 0. The van der Waals surface area contributed by atoms with Gasteiger partial charge in [-0.15, -0.1) is 0 Å². The first-order chi connectivity index (χ1) is 12.9. The van der Waals surface area contributed by atoms with Gasteiger partial charge in [0, 0.05) is 11.8 Å². The predicted molar refractivity (Wildman–Crippen MR) is 89.8 cm³/mol. The number of para-hydroxylation sites is 2. The molecule has 6 nitrogen and oxygen atoms in total. The van der Waals surface area contributed by atoms with Crippen molar-refractivity contribution in [2.24, 2.45) is 0 Å². The van der Waals surface area contributed by atoms with Gasteiger partial charge >= 0.3 is 13.2 Å². The molecule has 0 aliphatic rings. The summed E-state index contributed by atoms with van der Waals surface area (Å²) in [4.78, 5) is 12.0. The number of amides is 1. The molecule has 0 aliphatic carbocycles. The Morgan fingerprint density at radius 3 is 2.30 bits per heavy atom. The third kappa shape index (κ3) is 6.24. The van der Waals surface area contributed by atoms with Crippen molar-refractivity contribution in [1.82, 2.24) is 0 Å². The molecule has 27 heavy (non-hydrogen) atoms. The van der Waals surface area contributed by atoms with Crippen molar-refractivity contribution in [3.05, 3.63) is 42.5 Å². The normalized spacial score (nSPS) is 10.6. The zero-order chi connectivity index (χ0) is 19.8. The Kier molecular flexibility index (Phi) is 7.09. The smallest absolute Gasteiger partial charge is 0.387 e. The number of anilines is 2. The second kappa shape index (κ2) is 9.51. The molecule has 0 aliphatic heterocycles. The Morgan fingerprint density at radius 2 is 1.63 bits per heavy atom. The highest BCUT2D eigenvalue weighted by molar-refractivity contribution is 5.95. The lowest BCUT2D eigenvalue weighted by molar-refractivity contribution is -0.114. The van der Waals surface area contributed by atoms with Gasteiger partial charge in [0.1, 0.15) is 5.75 Å². The summed E-state index contributed by atoms with van der Waals surface area (Å²) in [6, 6.07) is 9.84. The third-order valence-electron chi connectivity index (χ3n) is 3.21. The average molecular weight is 388 g/mol. The Bertz CT molecular complexity index is 774. The van der Waals surface area contributed by atoms with E-state index in [1.165, 1.54) is 43.5 Å². The van der Waals surface area contributed by atoms with Gasteiger partial charge in [0.2, 0.25) is 5.91 Å². The van der Waals surface area contributed by atoms with Crippen LogP contribution in [0.5, 0.6) is 17.2 Å². The molecule has 10 heteroatoms. The van der Waals surface area contributed by atoms with Crippen LogP contribution in [0.25, 0.3) is 0 Å². The monoisotopic (exact) mass is 388 g/mol. The van der Waals surface area contributed by atoms with Crippen molar-refractivity contribution in [1.29, 1.82) is 0 Å². The molecule has 0 saturated heterocycles. The van der Waals surface area contributed by atoms with Crippen molar-refractivity contribution < 1.29 is 36.6 Å². The van der Waals surface area contributed by atoms with Crippen molar-refractivity contribution in [3.8, 4) is 17.2 Å². The van der Waals surface area contributed by atoms with E-state index >= 15 is 0 Å². The molecule has 0 fully saturated rings. The number of benzene rings is 2. The lowest BCUT2D eigenvalue weighted by Gasteiger charge is -2.14. The molecule has 2 aromatic rings. The zero-order valence-corrected chi connectivity index (χ0v) is 14.0. The number of hydrogen-bond donors (Lipinski definition) is 2. The highest BCUT2D eigenvalue weighted by Gasteiger charge is 2.13. The van der Waals surface area contributed by atoms with Gasteiger partial charge in [-0.3, -0.25) is 4.79 Å². The highest BCUT2D eigenvalue weighted by atomic mass is 19.3. The SMILES string of the molecule is COc1ccc(NCC(=O)Nc2ccccc2OC(F)F)cc1OC(F)F. The van der Waals surface area contributed by atoms with E-state index in [4.69, 9.17) is 4.74 Å². The van der Waals surface area contributed by atoms with Gasteiger partial charge in [-0.1, -0.05) is 12.1 Å². The Balaban J connectivity index is 2.00. The van der Waals surface area contributed by atoms with Crippen LogP contribution in [0.1, 0.15) is 0 Å². The Morgan fingerprint density at radius 1 is 0.963 bits per heavy atom. The number of halogens is 4. The summed E-state index contributed by atoms with van der Waals surface area (Å²) in [6.45, 7) is -6.33. The molecular formula is C17H16F4N2O4.